The average Bonchev–Trinajstić information content (AvgIpc) is 3.62. The molecule has 0 bridgehead atoms. The number of ether oxygens (including phenoxy) is 2. The Labute approximate surface area is 228 Å². The predicted octanol–water partition coefficient (Wildman–Crippen LogP) is 4.62. The van der Waals surface area contributed by atoms with Crippen LogP contribution in [0.15, 0.2) is 95.9 Å². The number of amides is 1. The van der Waals surface area contributed by atoms with Gasteiger partial charge in [0.05, 0.1) is 4.90 Å². The van der Waals surface area contributed by atoms with Gasteiger partial charge in [-0.3, -0.25) is 10.1 Å². The van der Waals surface area contributed by atoms with E-state index in [-0.39, 0.29) is 23.2 Å². The van der Waals surface area contributed by atoms with E-state index < -0.39 is 22.0 Å². The first-order valence-electron chi connectivity index (χ1n) is 12.0. The Bertz CT molecular complexity index is 1770. The molecule has 4 aromatic carbocycles. The quantitative estimate of drug-likeness (QED) is 0.285. The molecule has 1 aromatic heterocycles. The summed E-state index contributed by atoms with van der Waals surface area (Å²) in [5.74, 6) is 0.717. The molecule has 0 radical (unpaired) electrons. The van der Waals surface area contributed by atoms with Crippen molar-refractivity contribution in [3.63, 3.8) is 0 Å². The molecule has 0 spiro atoms. The van der Waals surface area contributed by atoms with E-state index in [1.165, 1.54) is 17.4 Å². The van der Waals surface area contributed by atoms with Gasteiger partial charge in [0.25, 0.3) is 0 Å². The van der Waals surface area contributed by atoms with E-state index in [1.54, 1.807) is 30.3 Å². The molecule has 2 N–H and O–H groups in total. The minimum Gasteiger partial charge on any atom is -0.454 e. The van der Waals surface area contributed by atoms with Crippen LogP contribution in [0.2, 0.25) is 0 Å². The van der Waals surface area contributed by atoms with Crippen LogP contribution in [0.3, 0.4) is 0 Å². The second-order valence-corrected chi connectivity index (χ2v) is 11.5. The van der Waals surface area contributed by atoms with Crippen molar-refractivity contribution in [1.29, 1.82) is 0 Å². The van der Waals surface area contributed by atoms with Gasteiger partial charge in [-0.2, -0.15) is 4.72 Å². The lowest BCUT2D eigenvalue weighted by atomic mass is 10.1. The lowest BCUT2D eigenvalue weighted by molar-refractivity contribution is -0.117. The first kappa shape index (κ1) is 25.0. The summed E-state index contributed by atoms with van der Waals surface area (Å²) in [6.45, 7) is 0.160. The molecule has 9 nitrogen and oxygen atoms in total. The van der Waals surface area contributed by atoms with Crippen LogP contribution in [0, 0.1) is 0 Å². The first-order valence-corrected chi connectivity index (χ1v) is 14.3. The Morgan fingerprint density at radius 3 is 2.54 bits per heavy atom. The normalized spacial score (nSPS) is 13.3. The van der Waals surface area contributed by atoms with Crippen molar-refractivity contribution >= 4 is 43.2 Å². The van der Waals surface area contributed by atoms with Gasteiger partial charge in [0, 0.05) is 10.9 Å². The Morgan fingerprint density at radius 2 is 1.67 bits per heavy atom. The highest BCUT2D eigenvalue weighted by Gasteiger charge is 2.28. The molecule has 6 rings (SSSR count). The average molecular weight is 559 g/mol. The van der Waals surface area contributed by atoms with E-state index in [4.69, 9.17) is 9.47 Å². The van der Waals surface area contributed by atoms with Crippen LogP contribution in [-0.4, -0.2) is 37.4 Å². The minimum atomic E-state index is -4.06. The third-order valence-corrected chi connectivity index (χ3v) is 8.63. The summed E-state index contributed by atoms with van der Waals surface area (Å²) in [6, 6.07) is 25.8. The number of nitrogens with one attached hydrogen (secondary N) is 2. The van der Waals surface area contributed by atoms with Gasteiger partial charge in [-0.15, -0.1) is 10.2 Å². The van der Waals surface area contributed by atoms with Crippen LogP contribution in [0.1, 0.15) is 5.56 Å². The summed E-state index contributed by atoms with van der Waals surface area (Å²) in [5, 5.41) is 13.2. The highest BCUT2D eigenvalue weighted by Crippen LogP contribution is 2.37. The van der Waals surface area contributed by atoms with Crippen molar-refractivity contribution in [1.82, 2.24) is 14.9 Å². The highest BCUT2D eigenvalue weighted by molar-refractivity contribution is 7.89. The molecule has 1 amide bonds. The summed E-state index contributed by atoms with van der Waals surface area (Å²) in [4.78, 5) is 13.6. The van der Waals surface area contributed by atoms with Crippen molar-refractivity contribution in [2.75, 3.05) is 12.1 Å². The minimum absolute atomic E-state index is 0.104. The SMILES string of the molecule is O=C(Nc1nnc(-c2ccc3c(c2)OCO3)s1)C(Cc1ccccc1)NS(=O)(=O)c1cccc2ccccc12. The summed E-state index contributed by atoms with van der Waals surface area (Å²) in [7, 11) is -4.06. The van der Waals surface area contributed by atoms with E-state index >= 15 is 0 Å². The Balaban J connectivity index is 1.26. The van der Waals surface area contributed by atoms with Gasteiger partial charge in [-0.1, -0.05) is 78.1 Å². The lowest BCUT2D eigenvalue weighted by Gasteiger charge is -2.18. The van der Waals surface area contributed by atoms with Gasteiger partial charge in [0.1, 0.15) is 11.0 Å². The number of hydrogen-bond acceptors (Lipinski definition) is 8. The molecule has 11 heteroatoms. The predicted molar refractivity (Wildman–Crippen MR) is 148 cm³/mol. The van der Waals surface area contributed by atoms with E-state index in [0.29, 0.717) is 21.9 Å². The van der Waals surface area contributed by atoms with Crippen molar-refractivity contribution in [2.45, 2.75) is 17.4 Å². The Morgan fingerprint density at radius 1 is 0.897 bits per heavy atom. The number of anilines is 1. The molecule has 39 heavy (non-hydrogen) atoms. The molecule has 0 saturated carbocycles. The first-order chi connectivity index (χ1) is 19.0. The molecule has 1 unspecified atom stereocenters. The lowest BCUT2D eigenvalue weighted by Crippen LogP contribution is -2.45. The van der Waals surface area contributed by atoms with Crippen LogP contribution in [0.4, 0.5) is 5.13 Å². The van der Waals surface area contributed by atoms with Crippen molar-refractivity contribution in [3.8, 4) is 22.1 Å². The highest BCUT2D eigenvalue weighted by atomic mass is 32.2. The number of carbonyl (C=O) groups excluding carboxylic acids is 1. The second kappa shape index (κ2) is 10.4. The number of rotatable bonds is 8. The Kier molecular flexibility index (Phi) is 6.69. The fraction of sp³-hybridized carbons (Fsp3) is 0.107. The molecule has 5 aromatic rings. The number of nitrogens with zero attached hydrogens (tertiary/aromatic N) is 2. The number of sulfonamides is 1. The molecule has 196 valence electrons. The molecule has 0 aliphatic carbocycles. The van der Waals surface area contributed by atoms with Crippen molar-refractivity contribution in [2.24, 2.45) is 0 Å². The van der Waals surface area contributed by atoms with Crippen LogP contribution in [0.25, 0.3) is 21.3 Å². The maximum Gasteiger partial charge on any atom is 0.244 e. The van der Waals surface area contributed by atoms with Crippen molar-refractivity contribution < 1.29 is 22.7 Å². The fourth-order valence-corrected chi connectivity index (χ4v) is 6.50. The van der Waals surface area contributed by atoms with Crippen molar-refractivity contribution in [3.05, 3.63) is 96.6 Å². The molecule has 1 aliphatic rings. The number of hydrogen-bond donors (Lipinski definition) is 2. The van der Waals surface area contributed by atoms with E-state index in [1.807, 2.05) is 54.6 Å². The van der Waals surface area contributed by atoms with Crippen LogP contribution < -0.4 is 19.5 Å². The van der Waals surface area contributed by atoms with Crippen LogP contribution in [0.5, 0.6) is 11.5 Å². The fourth-order valence-electron chi connectivity index (χ4n) is 4.33. The van der Waals surface area contributed by atoms with Crippen LogP contribution >= 0.6 is 11.3 Å². The summed E-state index contributed by atoms with van der Waals surface area (Å²) in [5.41, 5.74) is 1.56. The van der Waals surface area contributed by atoms with E-state index in [2.05, 4.69) is 20.2 Å². The van der Waals surface area contributed by atoms with Gasteiger partial charge in [0.2, 0.25) is 27.9 Å². The maximum atomic E-state index is 13.5. The summed E-state index contributed by atoms with van der Waals surface area (Å²) < 4.78 is 40.5. The standard InChI is InChI=1S/C28H22N4O5S2/c33-26(29-28-31-30-27(38-28)20-13-14-23-24(16-20)37-17-36-23)22(15-18-7-2-1-3-8-18)32-39(34,35)25-12-6-10-19-9-4-5-11-21(19)25/h1-14,16,22,32H,15,17H2,(H,29,31,33). The zero-order valence-corrected chi connectivity index (χ0v) is 22.0. The monoisotopic (exact) mass is 558 g/mol. The Hall–Kier alpha value is -4.32. The molecule has 1 aliphatic heterocycles. The molecule has 2 heterocycles. The zero-order valence-electron chi connectivity index (χ0n) is 20.4. The van der Waals surface area contributed by atoms with Gasteiger partial charge in [-0.25, -0.2) is 8.42 Å². The van der Waals surface area contributed by atoms with Gasteiger partial charge in [-0.05, 0) is 41.6 Å². The van der Waals surface area contributed by atoms with Gasteiger partial charge >= 0.3 is 0 Å². The molecular formula is C28H22N4O5S2. The molecule has 0 fully saturated rings. The number of fused-ring (bicyclic) bond motifs is 2. The largest absolute Gasteiger partial charge is 0.454 e. The smallest absolute Gasteiger partial charge is 0.244 e. The number of carbonyl (C=O) groups is 1. The number of benzene rings is 4. The summed E-state index contributed by atoms with van der Waals surface area (Å²) >= 11 is 1.17. The topological polar surface area (TPSA) is 120 Å². The third-order valence-electron chi connectivity index (χ3n) is 6.21. The van der Waals surface area contributed by atoms with Crippen LogP contribution in [-0.2, 0) is 21.2 Å². The third kappa shape index (κ3) is 5.32. The maximum absolute atomic E-state index is 13.5. The summed E-state index contributed by atoms with van der Waals surface area (Å²) in [6.07, 6.45) is 0.143. The zero-order chi connectivity index (χ0) is 26.8. The van der Waals surface area contributed by atoms with Gasteiger partial charge < -0.3 is 9.47 Å². The molecule has 0 saturated heterocycles. The van der Waals surface area contributed by atoms with Gasteiger partial charge in [0.15, 0.2) is 11.5 Å². The van der Waals surface area contributed by atoms with E-state index in [0.717, 1.165) is 16.5 Å². The van der Waals surface area contributed by atoms with E-state index in [9.17, 15) is 13.2 Å². The molecular weight excluding hydrogens is 536 g/mol. The number of aromatic nitrogens is 2. The molecule has 1 atom stereocenters. The second-order valence-electron chi connectivity index (χ2n) is 8.81.